The van der Waals surface area contributed by atoms with E-state index in [9.17, 15) is 9.59 Å². The first kappa shape index (κ1) is 19.3. The zero-order valence-corrected chi connectivity index (χ0v) is 16.9. The minimum absolute atomic E-state index is 0.0401. The van der Waals surface area contributed by atoms with Gasteiger partial charge in [-0.15, -0.1) is 0 Å². The van der Waals surface area contributed by atoms with Crippen molar-refractivity contribution in [1.29, 1.82) is 0 Å². The van der Waals surface area contributed by atoms with Gasteiger partial charge >= 0.3 is 0 Å². The van der Waals surface area contributed by atoms with Crippen molar-refractivity contribution >= 4 is 11.8 Å². The first-order valence-electron chi connectivity index (χ1n) is 10.3. The molecule has 0 aromatic carbocycles. The fourth-order valence-electron chi connectivity index (χ4n) is 4.86. The van der Waals surface area contributed by atoms with Gasteiger partial charge in [0, 0.05) is 44.6 Å². The number of amides is 2. The third kappa shape index (κ3) is 3.78. The number of rotatable bonds is 2. The topological polar surface area (TPSA) is 66.0 Å². The van der Waals surface area contributed by atoms with Crippen molar-refractivity contribution < 1.29 is 14.3 Å². The third-order valence-electron chi connectivity index (χ3n) is 6.62. The van der Waals surface area contributed by atoms with Crippen molar-refractivity contribution in [2.45, 2.75) is 32.2 Å². The van der Waals surface area contributed by atoms with Crippen LogP contribution in [-0.4, -0.2) is 90.5 Å². The first-order valence-corrected chi connectivity index (χ1v) is 10.3. The van der Waals surface area contributed by atoms with Gasteiger partial charge in [0.25, 0.3) is 5.91 Å². The van der Waals surface area contributed by atoms with Crippen LogP contribution < -0.4 is 0 Å². The van der Waals surface area contributed by atoms with Crippen molar-refractivity contribution in [3.05, 3.63) is 29.6 Å². The third-order valence-corrected chi connectivity index (χ3v) is 6.62. The second-order valence-electron chi connectivity index (χ2n) is 8.55. The van der Waals surface area contributed by atoms with Gasteiger partial charge in [-0.05, 0) is 50.8 Å². The predicted molar refractivity (Wildman–Crippen MR) is 105 cm³/mol. The number of aryl methyl sites for hydroxylation is 1. The largest absolute Gasteiger partial charge is 0.378 e. The summed E-state index contributed by atoms with van der Waals surface area (Å²) in [5.74, 6) is 0.307. The molecule has 1 aromatic rings. The molecule has 152 valence electrons. The molecule has 1 spiro atoms. The number of hydrogen-bond acceptors (Lipinski definition) is 5. The van der Waals surface area contributed by atoms with Gasteiger partial charge in [0.1, 0.15) is 0 Å². The molecule has 7 heteroatoms. The average molecular weight is 386 g/mol. The smallest absolute Gasteiger partial charge is 0.255 e. The van der Waals surface area contributed by atoms with Crippen LogP contribution in [0, 0.1) is 12.3 Å². The molecule has 4 heterocycles. The fraction of sp³-hybridized carbons (Fsp3) is 0.667. The lowest BCUT2D eigenvalue weighted by molar-refractivity contribution is -0.139. The molecule has 28 heavy (non-hydrogen) atoms. The maximum absolute atomic E-state index is 13.0. The van der Waals surface area contributed by atoms with E-state index in [2.05, 4.69) is 16.9 Å². The minimum Gasteiger partial charge on any atom is -0.378 e. The second-order valence-corrected chi connectivity index (χ2v) is 8.55. The van der Waals surface area contributed by atoms with E-state index < -0.39 is 0 Å². The van der Waals surface area contributed by atoms with E-state index in [1.165, 1.54) is 0 Å². The van der Waals surface area contributed by atoms with Crippen LogP contribution in [0.1, 0.15) is 35.3 Å². The van der Waals surface area contributed by atoms with Gasteiger partial charge < -0.3 is 14.5 Å². The molecule has 0 saturated carbocycles. The fourth-order valence-corrected chi connectivity index (χ4v) is 4.86. The van der Waals surface area contributed by atoms with Crippen molar-refractivity contribution in [3.63, 3.8) is 0 Å². The van der Waals surface area contributed by atoms with Crippen LogP contribution in [0.2, 0.25) is 0 Å². The Hall–Kier alpha value is -1.99. The lowest BCUT2D eigenvalue weighted by Gasteiger charge is -2.39. The van der Waals surface area contributed by atoms with Crippen LogP contribution in [-0.2, 0) is 9.53 Å². The van der Waals surface area contributed by atoms with Gasteiger partial charge in [0.05, 0.1) is 24.8 Å². The van der Waals surface area contributed by atoms with Gasteiger partial charge in [0.2, 0.25) is 5.91 Å². The molecule has 3 saturated heterocycles. The standard InChI is InChI=1S/C21H30N4O3/c1-16-3-4-17(14-22-16)19(26)24-7-5-21(6-8-24)13-18(23(2)15-21)20(27)25-9-11-28-12-10-25/h3-4,14,18H,5-13,15H2,1-2H3. The summed E-state index contributed by atoms with van der Waals surface area (Å²) >= 11 is 0. The molecule has 3 aliphatic heterocycles. The summed E-state index contributed by atoms with van der Waals surface area (Å²) in [6, 6.07) is 3.70. The molecule has 7 nitrogen and oxygen atoms in total. The number of carbonyl (C=O) groups excluding carboxylic acids is 2. The van der Waals surface area contributed by atoms with E-state index in [0.717, 1.165) is 44.6 Å². The van der Waals surface area contributed by atoms with E-state index in [1.807, 2.05) is 28.9 Å². The van der Waals surface area contributed by atoms with E-state index >= 15 is 0 Å². The highest BCUT2D eigenvalue weighted by molar-refractivity contribution is 5.94. The van der Waals surface area contributed by atoms with Crippen molar-refractivity contribution in [3.8, 4) is 0 Å². The Balaban J connectivity index is 1.36. The summed E-state index contributed by atoms with van der Waals surface area (Å²) < 4.78 is 5.38. The van der Waals surface area contributed by atoms with E-state index in [-0.39, 0.29) is 23.3 Å². The highest BCUT2D eigenvalue weighted by Crippen LogP contribution is 2.43. The van der Waals surface area contributed by atoms with Crippen LogP contribution in [0.15, 0.2) is 18.3 Å². The number of nitrogens with zero attached hydrogens (tertiary/aromatic N) is 4. The number of carbonyl (C=O) groups is 2. The Labute approximate surface area is 166 Å². The monoisotopic (exact) mass is 386 g/mol. The highest BCUT2D eigenvalue weighted by atomic mass is 16.5. The summed E-state index contributed by atoms with van der Waals surface area (Å²) in [6.45, 7) is 7.02. The molecule has 0 bridgehead atoms. The van der Waals surface area contributed by atoms with Crippen LogP contribution in [0.25, 0.3) is 0 Å². The number of hydrogen-bond donors (Lipinski definition) is 0. The number of ether oxygens (including phenoxy) is 1. The quantitative estimate of drug-likeness (QED) is 0.764. The number of morpholine rings is 1. The summed E-state index contributed by atoms with van der Waals surface area (Å²) in [7, 11) is 2.06. The Morgan fingerprint density at radius 2 is 1.82 bits per heavy atom. The molecule has 3 aliphatic rings. The van der Waals surface area contributed by atoms with Crippen LogP contribution in [0.3, 0.4) is 0 Å². The maximum atomic E-state index is 13.0. The molecule has 4 rings (SSSR count). The van der Waals surface area contributed by atoms with Crippen LogP contribution in [0.4, 0.5) is 0 Å². The molecule has 0 radical (unpaired) electrons. The Morgan fingerprint density at radius 3 is 2.46 bits per heavy atom. The van der Waals surface area contributed by atoms with Crippen molar-refractivity contribution in [2.24, 2.45) is 5.41 Å². The molecule has 1 unspecified atom stereocenters. The van der Waals surface area contributed by atoms with Crippen molar-refractivity contribution in [1.82, 2.24) is 19.7 Å². The van der Waals surface area contributed by atoms with Gasteiger partial charge in [0.15, 0.2) is 0 Å². The summed E-state index contributed by atoms with van der Waals surface area (Å²) in [5, 5.41) is 0. The SMILES string of the molecule is Cc1ccc(C(=O)N2CCC3(CC2)CC(C(=O)N2CCOCC2)N(C)C3)cn1. The van der Waals surface area contributed by atoms with Gasteiger partial charge in [-0.2, -0.15) is 0 Å². The maximum Gasteiger partial charge on any atom is 0.255 e. The van der Waals surface area contributed by atoms with E-state index in [4.69, 9.17) is 4.74 Å². The highest BCUT2D eigenvalue weighted by Gasteiger charge is 2.48. The number of piperidine rings is 1. The Bertz CT molecular complexity index is 722. The minimum atomic E-state index is -0.0401. The van der Waals surface area contributed by atoms with Crippen LogP contribution >= 0.6 is 0 Å². The lowest BCUT2D eigenvalue weighted by Crippen LogP contribution is -2.48. The number of pyridine rings is 1. The van der Waals surface area contributed by atoms with E-state index in [0.29, 0.717) is 31.9 Å². The molecular weight excluding hydrogens is 356 g/mol. The van der Waals surface area contributed by atoms with Crippen LogP contribution in [0.5, 0.6) is 0 Å². The zero-order chi connectivity index (χ0) is 19.7. The summed E-state index contributed by atoms with van der Waals surface area (Å²) in [6.07, 6.45) is 4.47. The molecule has 3 fully saturated rings. The van der Waals surface area contributed by atoms with E-state index in [1.54, 1.807) is 6.20 Å². The molecule has 2 amide bonds. The normalized spacial score (nSPS) is 25.3. The summed E-state index contributed by atoms with van der Waals surface area (Å²) in [5.41, 5.74) is 1.72. The summed E-state index contributed by atoms with van der Waals surface area (Å²) in [4.78, 5) is 36.1. The van der Waals surface area contributed by atoms with Crippen molar-refractivity contribution in [2.75, 3.05) is 53.0 Å². The predicted octanol–water partition coefficient (Wildman–Crippen LogP) is 1.18. The van der Waals surface area contributed by atoms with Gasteiger partial charge in [-0.1, -0.05) is 0 Å². The zero-order valence-electron chi connectivity index (χ0n) is 16.9. The average Bonchev–Trinajstić information content (AvgIpc) is 3.04. The van der Waals surface area contributed by atoms with Gasteiger partial charge in [-0.3, -0.25) is 19.5 Å². The number of likely N-dealkylation sites (N-methyl/N-ethyl adjacent to an activating group) is 1. The van der Waals surface area contributed by atoms with Gasteiger partial charge in [-0.25, -0.2) is 0 Å². The lowest BCUT2D eigenvalue weighted by atomic mass is 9.76. The second kappa shape index (κ2) is 7.79. The number of likely N-dealkylation sites (tertiary alicyclic amines) is 2. The number of aromatic nitrogens is 1. The first-order chi connectivity index (χ1) is 13.5. The molecule has 1 aromatic heterocycles. The Kier molecular flexibility index (Phi) is 5.38. The molecule has 0 N–H and O–H groups in total. The molecule has 0 aliphatic carbocycles. The molecular formula is C21H30N4O3. The Morgan fingerprint density at radius 1 is 1.11 bits per heavy atom. The molecule has 1 atom stereocenters.